The summed E-state index contributed by atoms with van der Waals surface area (Å²) in [5.41, 5.74) is 0.856. The van der Waals surface area contributed by atoms with Gasteiger partial charge in [0.05, 0.1) is 7.11 Å². The van der Waals surface area contributed by atoms with Crippen LogP contribution in [-0.4, -0.2) is 25.0 Å². The standard InChI is InChI=1S/C28H24O7/c1-17(2)27(30)34-24-12-6-19(14-25(24)35-28(31)18(3)4)7-13-26(29)33-23-11-9-20-15-22(32-5)10-8-21(20)16-23/h6-16H,1,3H2,2,4-5H3/b13-7+. The number of rotatable bonds is 8. The first-order chi connectivity index (χ1) is 16.7. The van der Waals surface area contributed by atoms with Crippen LogP contribution in [0.15, 0.2) is 85.0 Å². The Labute approximate surface area is 202 Å². The van der Waals surface area contributed by atoms with Crippen molar-refractivity contribution in [1.82, 2.24) is 0 Å². The summed E-state index contributed by atoms with van der Waals surface area (Å²) in [5.74, 6) is -0.816. The van der Waals surface area contributed by atoms with Gasteiger partial charge >= 0.3 is 17.9 Å². The Morgan fingerprint density at radius 2 is 1.29 bits per heavy atom. The number of carbonyl (C=O) groups is 3. The van der Waals surface area contributed by atoms with Crippen molar-refractivity contribution in [3.8, 4) is 23.0 Å². The molecule has 0 saturated carbocycles. The Morgan fingerprint density at radius 1 is 0.714 bits per heavy atom. The number of hydrogen-bond donors (Lipinski definition) is 0. The maximum Gasteiger partial charge on any atom is 0.338 e. The molecule has 0 unspecified atom stereocenters. The van der Waals surface area contributed by atoms with Gasteiger partial charge in [-0.25, -0.2) is 14.4 Å². The number of carbonyl (C=O) groups excluding carboxylic acids is 3. The van der Waals surface area contributed by atoms with E-state index in [9.17, 15) is 14.4 Å². The third-order valence-corrected chi connectivity index (χ3v) is 4.72. The van der Waals surface area contributed by atoms with E-state index in [4.69, 9.17) is 18.9 Å². The van der Waals surface area contributed by atoms with E-state index in [1.54, 1.807) is 25.3 Å². The van der Waals surface area contributed by atoms with Crippen molar-refractivity contribution in [1.29, 1.82) is 0 Å². The zero-order chi connectivity index (χ0) is 25.5. The van der Waals surface area contributed by atoms with E-state index in [0.717, 1.165) is 16.5 Å². The molecule has 0 aliphatic rings. The highest BCUT2D eigenvalue weighted by atomic mass is 16.6. The third-order valence-electron chi connectivity index (χ3n) is 4.72. The second-order valence-electron chi connectivity index (χ2n) is 7.68. The molecule has 0 N–H and O–H groups in total. The minimum Gasteiger partial charge on any atom is -0.497 e. The van der Waals surface area contributed by atoms with Crippen LogP contribution in [0.5, 0.6) is 23.0 Å². The fourth-order valence-electron chi connectivity index (χ4n) is 2.87. The van der Waals surface area contributed by atoms with Crippen LogP contribution in [0.25, 0.3) is 16.8 Å². The van der Waals surface area contributed by atoms with E-state index in [-0.39, 0.29) is 22.6 Å². The average Bonchev–Trinajstić information content (AvgIpc) is 2.83. The van der Waals surface area contributed by atoms with E-state index in [0.29, 0.717) is 11.3 Å². The fourth-order valence-corrected chi connectivity index (χ4v) is 2.87. The molecule has 0 fully saturated rings. The summed E-state index contributed by atoms with van der Waals surface area (Å²) in [7, 11) is 1.60. The van der Waals surface area contributed by atoms with Gasteiger partial charge in [0.2, 0.25) is 0 Å². The molecule has 0 saturated heterocycles. The van der Waals surface area contributed by atoms with Crippen LogP contribution >= 0.6 is 0 Å². The molecule has 0 atom stereocenters. The maximum atomic E-state index is 12.4. The highest BCUT2D eigenvalue weighted by molar-refractivity contribution is 5.92. The summed E-state index contributed by atoms with van der Waals surface area (Å²) in [6.45, 7) is 10.1. The van der Waals surface area contributed by atoms with Crippen LogP contribution in [0.1, 0.15) is 19.4 Å². The van der Waals surface area contributed by atoms with Crippen LogP contribution < -0.4 is 18.9 Å². The van der Waals surface area contributed by atoms with Gasteiger partial charge in [-0.2, -0.15) is 0 Å². The van der Waals surface area contributed by atoms with Gasteiger partial charge < -0.3 is 18.9 Å². The first-order valence-corrected chi connectivity index (χ1v) is 10.5. The van der Waals surface area contributed by atoms with Crippen molar-refractivity contribution in [2.24, 2.45) is 0 Å². The van der Waals surface area contributed by atoms with E-state index in [2.05, 4.69) is 13.2 Å². The molecule has 7 nitrogen and oxygen atoms in total. The third kappa shape index (κ3) is 6.68. The minimum absolute atomic E-state index is 0.00641. The lowest BCUT2D eigenvalue weighted by atomic mass is 10.1. The number of ether oxygens (including phenoxy) is 4. The molecular weight excluding hydrogens is 448 g/mol. The lowest BCUT2D eigenvalue weighted by Gasteiger charge is -2.11. The molecule has 35 heavy (non-hydrogen) atoms. The van der Waals surface area contributed by atoms with Crippen molar-refractivity contribution in [3.05, 3.63) is 90.5 Å². The molecule has 3 aromatic rings. The monoisotopic (exact) mass is 472 g/mol. The summed E-state index contributed by atoms with van der Waals surface area (Å²) in [4.78, 5) is 36.3. The normalized spacial score (nSPS) is 10.6. The smallest absolute Gasteiger partial charge is 0.338 e. The van der Waals surface area contributed by atoms with Gasteiger partial charge in [-0.15, -0.1) is 0 Å². The highest BCUT2D eigenvalue weighted by Crippen LogP contribution is 2.30. The topological polar surface area (TPSA) is 88.1 Å². The summed E-state index contributed by atoms with van der Waals surface area (Å²) in [6.07, 6.45) is 2.72. The van der Waals surface area contributed by atoms with Crippen molar-refractivity contribution < 1.29 is 33.3 Å². The average molecular weight is 472 g/mol. The quantitative estimate of drug-likeness (QED) is 0.245. The summed E-state index contributed by atoms with van der Waals surface area (Å²) in [5, 5.41) is 1.84. The number of esters is 3. The molecule has 0 aliphatic heterocycles. The first kappa shape index (κ1) is 25.0. The van der Waals surface area contributed by atoms with Gasteiger partial charge in [0.15, 0.2) is 11.5 Å². The Hall–Kier alpha value is -4.65. The van der Waals surface area contributed by atoms with Crippen LogP contribution in [0, 0.1) is 0 Å². The molecule has 0 bridgehead atoms. The van der Waals surface area contributed by atoms with Crippen LogP contribution in [0.4, 0.5) is 0 Å². The van der Waals surface area contributed by atoms with E-state index in [1.807, 2.05) is 24.3 Å². The zero-order valence-electron chi connectivity index (χ0n) is 19.6. The Morgan fingerprint density at radius 3 is 1.89 bits per heavy atom. The second-order valence-corrected chi connectivity index (χ2v) is 7.68. The molecule has 7 heteroatoms. The molecule has 0 heterocycles. The predicted molar refractivity (Wildman–Crippen MR) is 133 cm³/mol. The van der Waals surface area contributed by atoms with Gasteiger partial charge in [0, 0.05) is 17.2 Å². The number of hydrogen-bond acceptors (Lipinski definition) is 7. The van der Waals surface area contributed by atoms with Crippen molar-refractivity contribution >= 4 is 34.8 Å². The number of fused-ring (bicyclic) bond motifs is 1. The van der Waals surface area contributed by atoms with Gasteiger partial charge in [0.1, 0.15) is 11.5 Å². The summed E-state index contributed by atoms with van der Waals surface area (Å²) in [6, 6.07) is 15.3. The van der Waals surface area contributed by atoms with Crippen LogP contribution in [0.2, 0.25) is 0 Å². The largest absolute Gasteiger partial charge is 0.497 e. The predicted octanol–water partition coefficient (Wildman–Crippen LogP) is 5.43. The Kier molecular flexibility index (Phi) is 7.84. The van der Waals surface area contributed by atoms with Gasteiger partial charge in [0.25, 0.3) is 0 Å². The molecule has 0 amide bonds. The molecule has 178 valence electrons. The van der Waals surface area contributed by atoms with Gasteiger partial charge in [-0.1, -0.05) is 31.4 Å². The lowest BCUT2D eigenvalue weighted by Crippen LogP contribution is -2.12. The van der Waals surface area contributed by atoms with E-state index >= 15 is 0 Å². The molecule has 0 aromatic heterocycles. The molecule has 3 aromatic carbocycles. The molecular formula is C28H24O7. The van der Waals surface area contributed by atoms with E-state index in [1.165, 1.54) is 38.1 Å². The van der Waals surface area contributed by atoms with Gasteiger partial charge in [-0.05, 0) is 72.7 Å². The SMILES string of the molecule is C=C(C)C(=O)Oc1ccc(/C=C/C(=O)Oc2ccc3cc(OC)ccc3c2)cc1OC(=O)C(=C)C. The minimum atomic E-state index is -0.688. The molecule has 0 radical (unpaired) electrons. The molecule has 0 aliphatic carbocycles. The van der Waals surface area contributed by atoms with Crippen molar-refractivity contribution in [2.45, 2.75) is 13.8 Å². The Bertz CT molecular complexity index is 1360. The van der Waals surface area contributed by atoms with Crippen LogP contribution in [0.3, 0.4) is 0 Å². The van der Waals surface area contributed by atoms with Crippen molar-refractivity contribution in [2.75, 3.05) is 7.11 Å². The Balaban J connectivity index is 1.77. The van der Waals surface area contributed by atoms with Crippen molar-refractivity contribution in [3.63, 3.8) is 0 Å². The fraction of sp³-hybridized carbons (Fsp3) is 0.107. The summed E-state index contributed by atoms with van der Waals surface area (Å²) < 4.78 is 21.1. The van der Waals surface area contributed by atoms with Crippen LogP contribution in [-0.2, 0) is 14.4 Å². The maximum absolute atomic E-state index is 12.4. The lowest BCUT2D eigenvalue weighted by molar-refractivity contribution is -0.132. The summed E-state index contributed by atoms with van der Waals surface area (Å²) >= 11 is 0. The number of benzene rings is 3. The van der Waals surface area contributed by atoms with Gasteiger partial charge in [-0.3, -0.25) is 0 Å². The first-order valence-electron chi connectivity index (χ1n) is 10.5. The highest BCUT2D eigenvalue weighted by Gasteiger charge is 2.15. The number of methoxy groups -OCH3 is 1. The second kappa shape index (κ2) is 11.0. The van der Waals surface area contributed by atoms with E-state index < -0.39 is 17.9 Å². The zero-order valence-corrected chi connectivity index (χ0v) is 19.6. The molecule has 0 spiro atoms. The molecule has 3 rings (SSSR count).